The minimum atomic E-state index is -0.524. The highest BCUT2D eigenvalue weighted by Gasteiger charge is 2.32. The van der Waals surface area contributed by atoms with Crippen LogP contribution in [-0.2, 0) is 4.74 Å². The topological polar surface area (TPSA) is 116 Å². The normalized spacial score (nSPS) is 16.8. The molecule has 0 radical (unpaired) electrons. The molecule has 1 saturated heterocycles. The lowest BCUT2D eigenvalue weighted by molar-refractivity contribution is 0.0235. The highest BCUT2D eigenvalue weighted by Crippen LogP contribution is 2.27. The molecule has 3 aromatic rings. The first-order chi connectivity index (χ1) is 14.3. The molecule has 1 atom stereocenters. The van der Waals surface area contributed by atoms with Crippen LogP contribution < -0.4 is 11.0 Å². The van der Waals surface area contributed by atoms with Gasteiger partial charge in [0, 0.05) is 18.5 Å². The Morgan fingerprint density at radius 1 is 1.33 bits per heavy atom. The molecule has 0 spiro atoms. The van der Waals surface area contributed by atoms with E-state index in [0.29, 0.717) is 30.4 Å². The molecule has 0 saturated carbocycles. The first kappa shape index (κ1) is 19.9. The molecule has 1 fully saturated rings. The van der Waals surface area contributed by atoms with Gasteiger partial charge in [0.1, 0.15) is 17.1 Å². The fourth-order valence-corrected chi connectivity index (χ4v) is 3.67. The average molecular weight is 410 g/mol. The predicted molar refractivity (Wildman–Crippen MR) is 114 cm³/mol. The smallest absolute Gasteiger partial charge is 0.410 e. The lowest BCUT2D eigenvalue weighted by Crippen LogP contribution is -2.42. The van der Waals surface area contributed by atoms with Crippen molar-refractivity contribution < 1.29 is 9.53 Å². The summed E-state index contributed by atoms with van der Waals surface area (Å²) in [4.78, 5) is 33.1. The van der Waals surface area contributed by atoms with E-state index in [9.17, 15) is 9.59 Å². The van der Waals surface area contributed by atoms with Crippen LogP contribution in [0.3, 0.4) is 0 Å². The van der Waals surface area contributed by atoms with Crippen LogP contribution in [0.4, 0.5) is 10.6 Å². The maximum absolute atomic E-state index is 12.6. The second-order valence-electron chi connectivity index (χ2n) is 8.45. The van der Waals surface area contributed by atoms with E-state index in [4.69, 9.17) is 4.74 Å². The highest BCUT2D eigenvalue weighted by atomic mass is 16.6. The monoisotopic (exact) mass is 410 g/mol. The molecule has 3 heterocycles. The van der Waals surface area contributed by atoms with Crippen molar-refractivity contribution in [2.45, 2.75) is 45.3 Å². The van der Waals surface area contributed by atoms with Crippen molar-refractivity contribution in [1.29, 1.82) is 0 Å². The lowest BCUT2D eigenvalue weighted by atomic mass is 10.1. The van der Waals surface area contributed by atoms with Gasteiger partial charge in [0.05, 0.1) is 6.04 Å². The molecule has 1 aromatic carbocycles. The third kappa shape index (κ3) is 4.29. The van der Waals surface area contributed by atoms with E-state index in [1.165, 1.54) is 0 Å². The Hall–Kier alpha value is -3.36. The summed E-state index contributed by atoms with van der Waals surface area (Å²) in [5, 5.41) is 11.7. The number of aromatic nitrogens is 4. The summed E-state index contributed by atoms with van der Waals surface area (Å²) >= 11 is 0. The number of rotatable bonds is 4. The number of carbonyl (C=O) groups is 1. The van der Waals surface area contributed by atoms with Crippen molar-refractivity contribution in [2.75, 3.05) is 18.4 Å². The Labute approximate surface area is 173 Å². The van der Waals surface area contributed by atoms with E-state index in [2.05, 4.69) is 25.5 Å². The standard InChI is InChI=1S/C21H26N6O3/c1-21(2,3)30-20(29)27-10-6-8-14(27)12-22-17-15-9-5-4-7-13(15)11-16(23-17)18-24-19(28)26-25-18/h4-5,7,9,11,14H,6,8,10,12H2,1-3H3,(H,22,23)(H2,24,25,26,28). The molecule has 0 aliphatic carbocycles. The zero-order chi connectivity index (χ0) is 21.3. The minimum Gasteiger partial charge on any atom is -0.444 e. The summed E-state index contributed by atoms with van der Waals surface area (Å²) < 4.78 is 5.55. The van der Waals surface area contributed by atoms with Crippen LogP contribution in [-0.4, -0.2) is 55.9 Å². The van der Waals surface area contributed by atoms with Gasteiger partial charge in [-0.3, -0.25) is 4.98 Å². The van der Waals surface area contributed by atoms with Crippen molar-refractivity contribution in [3.63, 3.8) is 0 Å². The number of likely N-dealkylation sites (tertiary alicyclic amines) is 1. The number of amides is 1. The van der Waals surface area contributed by atoms with Crippen molar-refractivity contribution in [3.8, 4) is 11.5 Å². The first-order valence-corrected chi connectivity index (χ1v) is 10.1. The summed E-state index contributed by atoms with van der Waals surface area (Å²) in [6.07, 6.45) is 1.55. The van der Waals surface area contributed by atoms with Crippen LogP contribution in [0, 0.1) is 0 Å². The van der Waals surface area contributed by atoms with Gasteiger partial charge in [0.25, 0.3) is 0 Å². The molecular weight excluding hydrogens is 384 g/mol. The molecule has 1 unspecified atom stereocenters. The van der Waals surface area contributed by atoms with E-state index in [0.717, 1.165) is 23.6 Å². The number of nitrogens with zero attached hydrogens (tertiary/aromatic N) is 3. The predicted octanol–water partition coefficient (Wildman–Crippen LogP) is 3.12. The number of nitrogens with one attached hydrogen (secondary N) is 3. The van der Waals surface area contributed by atoms with E-state index >= 15 is 0 Å². The Balaban J connectivity index is 1.57. The molecule has 0 bridgehead atoms. The zero-order valence-electron chi connectivity index (χ0n) is 17.4. The van der Waals surface area contributed by atoms with Crippen molar-refractivity contribution in [3.05, 3.63) is 40.8 Å². The van der Waals surface area contributed by atoms with Crippen LogP contribution in [0.2, 0.25) is 0 Å². The van der Waals surface area contributed by atoms with E-state index < -0.39 is 5.60 Å². The Morgan fingerprint density at radius 3 is 2.87 bits per heavy atom. The maximum atomic E-state index is 12.6. The Bertz CT molecular complexity index is 1110. The number of anilines is 1. The second kappa shape index (κ2) is 7.81. The maximum Gasteiger partial charge on any atom is 0.410 e. The number of hydrogen-bond donors (Lipinski definition) is 3. The van der Waals surface area contributed by atoms with Crippen molar-refractivity contribution >= 4 is 22.7 Å². The molecular formula is C21H26N6O3. The fourth-order valence-electron chi connectivity index (χ4n) is 3.67. The SMILES string of the molecule is CC(C)(C)OC(=O)N1CCCC1CNc1nc(-c2n[nH]c(=O)[nH]2)cc2ccccc12. The first-order valence-electron chi connectivity index (χ1n) is 10.1. The number of ether oxygens (including phenoxy) is 1. The van der Waals surface area contributed by atoms with Crippen LogP contribution in [0.25, 0.3) is 22.3 Å². The molecule has 158 valence electrons. The van der Waals surface area contributed by atoms with Crippen molar-refractivity contribution in [1.82, 2.24) is 25.1 Å². The third-order valence-corrected chi connectivity index (χ3v) is 4.99. The summed E-state index contributed by atoms with van der Waals surface area (Å²) in [5.74, 6) is 1.06. The summed E-state index contributed by atoms with van der Waals surface area (Å²) in [6.45, 7) is 6.85. The summed E-state index contributed by atoms with van der Waals surface area (Å²) in [5.41, 5.74) is -0.345. The third-order valence-electron chi connectivity index (χ3n) is 4.99. The molecule has 30 heavy (non-hydrogen) atoms. The van der Waals surface area contributed by atoms with Gasteiger partial charge in [-0.25, -0.2) is 19.7 Å². The largest absolute Gasteiger partial charge is 0.444 e. The van der Waals surface area contributed by atoms with Crippen LogP contribution in [0.5, 0.6) is 0 Å². The Morgan fingerprint density at radius 2 is 2.13 bits per heavy atom. The number of benzene rings is 1. The summed E-state index contributed by atoms with van der Waals surface area (Å²) in [6, 6.07) is 9.78. The van der Waals surface area contributed by atoms with E-state index in [1.807, 2.05) is 51.1 Å². The van der Waals surface area contributed by atoms with Crippen LogP contribution >= 0.6 is 0 Å². The number of aromatic amines is 2. The van der Waals surface area contributed by atoms with Crippen LogP contribution in [0.1, 0.15) is 33.6 Å². The van der Waals surface area contributed by atoms with Gasteiger partial charge in [-0.2, -0.15) is 5.10 Å². The molecule has 9 heteroatoms. The molecule has 9 nitrogen and oxygen atoms in total. The number of fused-ring (bicyclic) bond motifs is 1. The van der Waals surface area contributed by atoms with Gasteiger partial charge in [0.15, 0.2) is 5.82 Å². The number of carbonyl (C=O) groups excluding carboxylic acids is 1. The van der Waals surface area contributed by atoms with Gasteiger partial charge in [0.2, 0.25) is 0 Å². The van der Waals surface area contributed by atoms with Gasteiger partial charge < -0.3 is 15.0 Å². The van der Waals surface area contributed by atoms with Gasteiger partial charge in [-0.05, 0) is 45.1 Å². The average Bonchev–Trinajstić information content (AvgIpc) is 3.33. The number of H-pyrrole nitrogens is 2. The van der Waals surface area contributed by atoms with Gasteiger partial charge in [-0.15, -0.1) is 0 Å². The second-order valence-corrected chi connectivity index (χ2v) is 8.45. The zero-order valence-corrected chi connectivity index (χ0v) is 17.4. The highest BCUT2D eigenvalue weighted by molar-refractivity contribution is 5.94. The molecule has 1 aliphatic heterocycles. The number of pyridine rings is 1. The van der Waals surface area contributed by atoms with Crippen LogP contribution in [0.15, 0.2) is 35.1 Å². The fraction of sp³-hybridized carbons (Fsp3) is 0.429. The lowest BCUT2D eigenvalue weighted by Gasteiger charge is -2.29. The molecule has 1 amide bonds. The van der Waals surface area contributed by atoms with Gasteiger partial charge in [-0.1, -0.05) is 24.3 Å². The molecule has 3 N–H and O–H groups in total. The minimum absolute atomic E-state index is 0.0225. The number of hydrogen-bond acceptors (Lipinski definition) is 6. The van der Waals surface area contributed by atoms with Crippen molar-refractivity contribution in [2.24, 2.45) is 0 Å². The van der Waals surface area contributed by atoms with E-state index in [1.54, 1.807) is 4.90 Å². The molecule has 4 rings (SSSR count). The van der Waals surface area contributed by atoms with Gasteiger partial charge >= 0.3 is 11.8 Å². The van der Waals surface area contributed by atoms with E-state index in [-0.39, 0.29) is 17.8 Å². The Kier molecular flexibility index (Phi) is 5.19. The quantitative estimate of drug-likeness (QED) is 0.609. The molecule has 1 aliphatic rings. The molecule has 2 aromatic heterocycles. The summed E-state index contributed by atoms with van der Waals surface area (Å²) in [7, 11) is 0.